The lowest BCUT2D eigenvalue weighted by molar-refractivity contribution is -0.119. The minimum absolute atomic E-state index is 0.126. The van der Waals surface area contributed by atoms with E-state index >= 15 is 0 Å². The molecule has 4 rings (SSSR count). The number of rotatable bonds is 9. The number of primary amides is 1. The van der Waals surface area contributed by atoms with E-state index in [0.29, 0.717) is 31.4 Å². The number of benzene rings is 2. The molecule has 9 nitrogen and oxygen atoms in total. The van der Waals surface area contributed by atoms with Crippen LogP contribution in [-0.2, 0) is 20.9 Å². The molecule has 2 heterocycles. The van der Waals surface area contributed by atoms with Crippen molar-refractivity contribution >= 4 is 40.2 Å². The van der Waals surface area contributed by atoms with Crippen molar-refractivity contribution in [1.82, 2.24) is 9.55 Å². The second kappa shape index (κ2) is 9.61. The topological polar surface area (TPSA) is 115 Å². The zero-order valence-electron chi connectivity index (χ0n) is 17.9. The number of carbonyl (C=O) groups is 2. The predicted octanol–water partition coefficient (Wildman–Crippen LogP) is 2.52. The summed E-state index contributed by atoms with van der Waals surface area (Å²) in [5.41, 5.74) is 8.22. The van der Waals surface area contributed by atoms with Gasteiger partial charge in [-0.1, -0.05) is 30.3 Å². The van der Waals surface area contributed by atoms with Gasteiger partial charge in [-0.2, -0.15) is 5.10 Å². The Labute approximate surface area is 185 Å². The smallest absolute Gasteiger partial charge is 0.274 e. The average Bonchev–Trinajstić information content (AvgIpc) is 3.40. The maximum atomic E-state index is 13.1. The molecule has 3 aromatic rings. The van der Waals surface area contributed by atoms with Crippen LogP contribution in [0.2, 0.25) is 0 Å². The minimum Gasteiger partial charge on any atom is -0.382 e. The predicted molar refractivity (Wildman–Crippen MR) is 123 cm³/mol. The second-order valence-corrected chi connectivity index (χ2v) is 7.43. The van der Waals surface area contributed by atoms with Gasteiger partial charge >= 0.3 is 0 Å². The maximum absolute atomic E-state index is 13.1. The largest absolute Gasteiger partial charge is 0.382 e. The molecule has 3 N–H and O–H groups in total. The molecule has 1 atom stereocenters. The molecule has 1 aliphatic heterocycles. The summed E-state index contributed by atoms with van der Waals surface area (Å²) >= 11 is 0. The van der Waals surface area contributed by atoms with E-state index in [1.807, 2.05) is 66.1 Å². The molecule has 0 spiro atoms. The van der Waals surface area contributed by atoms with E-state index in [1.54, 1.807) is 0 Å². The third-order valence-corrected chi connectivity index (χ3v) is 5.28. The fourth-order valence-corrected chi connectivity index (χ4v) is 3.73. The number of anilines is 2. The van der Waals surface area contributed by atoms with Crippen LogP contribution in [-0.4, -0.2) is 46.3 Å². The summed E-state index contributed by atoms with van der Waals surface area (Å²) in [6.07, 6.45) is 0.907. The fourth-order valence-electron chi connectivity index (χ4n) is 3.73. The molecule has 1 aliphatic rings. The van der Waals surface area contributed by atoms with Crippen molar-refractivity contribution in [3.05, 3.63) is 54.6 Å². The standard InChI is InChI=1S/C23H26N6O3/c1-2-32-14-8-13-28-19-12-7-6-11-17(19)25-23(28)26-22(31)18-15-20(21(24)30)29(27-18)16-9-4-3-5-10-16/h3-7,9-12,20H,2,8,13-15H2,1H3,(H2,24,30)(H,25,26,31). The number of hydrazone groups is 1. The van der Waals surface area contributed by atoms with Crippen LogP contribution in [0.4, 0.5) is 11.6 Å². The maximum Gasteiger partial charge on any atom is 0.274 e. The van der Waals surface area contributed by atoms with E-state index in [2.05, 4.69) is 15.4 Å². The summed E-state index contributed by atoms with van der Waals surface area (Å²) in [6, 6.07) is 16.2. The lowest BCUT2D eigenvalue weighted by Gasteiger charge is -2.20. The van der Waals surface area contributed by atoms with E-state index in [1.165, 1.54) is 5.01 Å². The number of imidazole rings is 1. The number of nitrogens with one attached hydrogen (secondary N) is 1. The highest BCUT2D eigenvalue weighted by atomic mass is 16.5. The number of amides is 2. The Morgan fingerprint density at radius 3 is 2.66 bits per heavy atom. The van der Waals surface area contributed by atoms with Crippen LogP contribution in [0.5, 0.6) is 0 Å². The summed E-state index contributed by atoms with van der Waals surface area (Å²) in [7, 11) is 0. The Morgan fingerprint density at radius 2 is 1.91 bits per heavy atom. The first-order valence-electron chi connectivity index (χ1n) is 10.6. The van der Waals surface area contributed by atoms with Crippen molar-refractivity contribution in [3.63, 3.8) is 0 Å². The highest BCUT2D eigenvalue weighted by Crippen LogP contribution is 2.25. The summed E-state index contributed by atoms with van der Waals surface area (Å²) < 4.78 is 7.41. The Hall–Kier alpha value is -3.72. The van der Waals surface area contributed by atoms with Gasteiger partial charge in [-0.3, -0.25) is 19.9 Å². The van der Waals surface area contributed by atoms with Crippen molar-refractivity contribution in [3.8, 4) is 0 Å². The molecular formula is C23H26N6O3. The van der Waals surface area contributed by atoms with Gasteiger partial charge < -0.3 is 15.0 Å². The van der Waals surface area contributed by atoms with Crippen LogP contribution in [0.15, 0.2) is 59.7 Å². The second-order valence-electron chi connectivity index (χ2n) is 7.43. The first-order valence-corrected chi connectivity index (χ1v) is 10.6. The lowest BCUT2D eigenvalue weighted by Crippen LogP contribution is -2.39. The molecule has 0 saturated carbocycles. The van der Waals surface area contributed by atoms with Crippen LogP contribution in [0.25, 0.3) is 11.0 Å². The van der Waals surface area contributed by atoms with Crippen molar-refractivity contribution in [2.45, 2.75) is 32.4 Å². The van der Waals surface area contributed by atoms with Crippen molar-refractivity contribution in [2.24, 2.45) is 10.8 Å². The first-order chi connectivity index (χ1) is 15.6. The molecule has 2 aromatic carbocycles. The van der Waals surface area contributed by atoms with E-state index in [9.17, 15) is 9.59 Å². The molecule has 0 saturated heterocycles. The van der Waals surface area contributed by atoms with Crippen molar-refractivity contribution in [1.29, 1.82) is 0 Å². The highest BCUT2D eigenvalue weighted by molar-refractivity contribution is 6.44. The summed E-state index contributed by atoms with van der Waals surface area (Å²) in [6.45, 7) is 3.88. The summed E-state index contributed by atoms with van der Waals surface area (Å²) in [5.74, 6) is -0.510. The summed E-state index contributed by atoms with van der Waals surface area (Å²) in [4.78, 5) is 29.7. The molecule has 0 fully saturated rings. The molecule has 1 unspecified atom stereocenters. The molecule has 0 aliphatic carbocycles. The van der Waals surface area contributed by atoms with E-state index < -0.39 is 17.9 Å². The number of aryl methyl sites for hydroxylation is 1. The normalized spacial score (nSPS) is 15.7. The Bertz CT molecular complexity index is 1140. The van der Waals surface area contributed by atoms with Crippen LogP contribution in [0.3, 0.4) is 0 Å². The highest BCUT2D eigenvalue weighted by Gasteiger charge is 2.35. The van der Waals surface area contributed by atoms with E-state index in [-0.39, 0.29) is 12.1 Å². The number of nitrogens with zero attached hydrogens (tertiary/aromatic N) is 4. The third-order valence-electron chi connectivity index (χ3n) is 5.28. The quantitative estimate of drug-likeness (QED) is 0.502. The zero-order chi connectivity index (χ0) is 22.5. The number of para-hydroxylation sites is 3. The number of hydrogen-bond donors (Lipinski definition) is 2. The lowest BCUT2D eigenvalue weighted by atomic mass is 10.1. The van der Waals surface area contributed by atoms with E-state index in [4.69, 9.17) is 10.5 Å². The first kappa shape index (κ1) is 21.5. The zero-order valence-corrected chi connectivity index (χ0v) is 17.9. The van der Waals surface area contributed by atoms with Gasteiger partial charge in [0.25, 0.3) is 5.91 Å². The molecule has 2 amide bonds. The number of nitrogens with two attached hydrogens (primary N) is 1. The molecule has 1 aromatic heterocycles. The van der Waals surface area contributed by atoms with Crippen LogP contribution >= 0.6 is 0 Å². The molecule has 32 heavy (non-hydrogen) atoms. The van der Waals surface area contributed by atoms with Crippen LogP contribution in [0.1, 0.15) is 19.8 Å². The van der Waals surface area contributed by atoms with Gasteiger partial charge in [-0.25, -0.2) is 4.98 Å². The fraction of sp³-hybridized carbons (Fsp3) is 0.304. The van der Waals surface area contributed by atoms with Crippen molar-refractivity contribution in [2.75, 3.05) is 23.5 Å². The SMILES string of the molecule is CCOCCCn1c(NC(=O)C2=NN(c3ccccc3)C(C(N)=O)C2)nc2ccccc21. The van der Waals surface area contributed by atoms with Crippen molar-refractivity contribution < 1.29 is 14.3 Å². The molecular weight excluding hydrogens is 408 g/mol. The number of hydrogen-bond acceptors (Lipinski definition) is 6. The average molecular weight is 435 g/mol. The number of aromatic nitrogens is 2. The Balaban J connectivity index is 1.57. The Morgan fingerprint density at radius 1 is 1.16 bits per heavy atom. The molecule has 9 heteroatoms. The van der Waals surface area contributed by atoms with Crippen LogP contribution < -0.4 is 16.1 Å². The number of ether oxygens (including phenoxy) is 1. The number of fused-ring (bicyclic) bond motifs is 1. The molecule has 0 radical (unpaired) electrons. The Kier molecular flexibility index (Phi) is 6.46. The minimum atomic E-state index is -0.719. The van der Waals surface area contributed by atoms with Gasteiger partial charge in [-0.15, -0.1) is 0 Å². The number of carbonyl (C=O) groups excluding carboxylic acids is 2. The van der Waals surface area contributed by atoms with Gasteiger partial charge in [0.1, 0.15) is 11.8 Å². The van der Waals surface area contributed by atoms with Gasteiger partial charge in [0, 0.05) is 26.2 Å². The monoisotopic (exact) mass is 434 g/mol. The molecule has 0 bridgehead atoms. The van der Waals surface area contributed by atoms with Gasteiger partial charge in [-0.05, 0) is 37.6 Å². The van der Waals surface area contributed by atoms with Gasteiger partial charge in [0.2, 0.25) is 11.9 Å². The molecule has 166 valence electrons. The van der Waals surface area contributed by atoms with Gasteiger partial charge in [0.15, 0.2) is 0 Å². The van der Waals surface area contributed by atoms with Crippen LogP contribution in [0, 0.1) is 0 Å². The third kappa shape index (κ3) is 4.47. The van der Waals surface area contributed by atoms with E-state index in [0.717, 1.165) is 17.5 Å². The van der Waals surface area contributed by atoms with Gasteiger partial charge in [0.05, 0.1) is 16.7 Å². The summed E-state index contributed by atoms with van der Waals surface area (Å²) in [5, 5.41) is 8.79.